The second kappa shape index (κ2) is 5.53. The normalized spacial score (nSPS) is 10.2. The number of nitrogen functional groups attached to an aromatic ring is 1. The summed E-state index contributed by atoms with van der Waals surface area (Å²) in [6, 6.07) is 5.81. The fourth-order valence-electron chi connectivity index (χ4n) is 1.68. The summed E-state index contributed by atoms with van der Waals surface area (Å²) in [5.74, 6) is -2.53. The van der Waals surface area contributed by atoms with E-state index in [1.165, 1.54) is 6.07 Å². The number of hydrogen-bond acceptors (Lipinski definition) is 4. The third-order valence-electron chi connectivity index (χ3n) is 2.61. The van der Waals surface area contributed by atoms with Crippen molar-refractivity contribution in [2.45, 2.75) is 0 Å². The van der Waals surface area contributed by atoms with Crippen molar-refractivity contribution < 1.29 is 18.5 Å². The average Bonchev–Trinajstić information content (AvgIpc) is 2.37. The number of nitro benzene ring substituents is 1. The summed E-state index contributed by atoms with van der Waals surface area (Å²) in [7, 11) is 0. The zero-order chi connectivity index (χ0) is 15.6. The zero-order valence-corrected chi connectivity index (χ0v) is 10.5. The molecule has 0 spiro atoms. The van der Waals surface area contributed by atoms with Crippen LogP contribution in [0.25, 0.3) is 0 Å². The molecule has 21 heavy (non-hydrogen) atoms. The molecule has 0 heterocycles. The third-order valence-corrected chi connectivity index (χ3v) is 2.61. The van der Waals surface area contributed by atoms with Gasteiger partial charge < -0.3 is 11.1 Å². The van der Waals surface area contributed by atoms with Crippen molar-refractivity contribution in [1.82, 2.24) is 0 Å². The highest BCUT2D eigenvalue weighted by molar-refractivity contribution is 6.08. The number of carbonyl (C=O) groups is 1. The molecule has 2 aromatic rings. The van der Waals surface area contributed by atoms with Gasteiger partial charge in [0.1, 0.15) is 11.6 Å². The van der Waals surface area contributed by atoms with Crippen LogP contribution in [-0.2, 0) is 0 Å². The van der Waals surface area contributed by atoms with Crippen LogP contribution in [0.4, 0.5) is 25.8 Å². The molecule has 0 saturated heterocycles. The van der Waals surface area contributed by atoms with Gasteiger partial charge in [-0.1, -0.05) is 0 Å². The Kier molecular flexibility index (Phi) is 3.79. The highest BCUT2D eigenvalue weighted by atomic mass is 19.1. The maximum Gasteiger partial charge on any atom is 0.270 e. The second-order valence-corrected chi connectivity index (χ2v) is 4.14. The van der Waals surface area contributed by atoms with Crippen molar-refractivity contribution in [1.29, 1.82) is 0 Å². The van der Waals surface area contributed by atoms with E-state index in [0.29, 0.717) is 6.07 Å². The molecule has 2 rings (SSSR count). The summed E-state index contributed by atoms with van der Waals surface area (Å²) < 4.78 is 26.0. The Labute approximate surface area is 117 Å². The predicted octanol–water partition coefficient (Wildman–Crippen LogP) is 2.71. The highest BCUT2D eigenvalue weighted by Gasteiger charge is 2.16. The van der Waals surface area contributed by atoms with E-state index in [1.807, 2.05) is 0 Å². The minimum absolute atomic E-state index is 0.00924. The van der Waals surface area contributed by atoms with Crippen molar-refractivity contribution in [3.05, 3.63) is 63.7 Å². The van der Waals surface area contributed by atoms with Crippen molar-refractivity contribution >= 4 is 23.0 Å². The van der Waals surface area contributed by atoms with Gasteiger partial charge >= 0.3 is 0 Å². The van der Waals surface area contributed by atoms with Crippen molar-refractivity contribution in [3.63, 3.8) is 0 Å². The lowest BCUT2D eigenvalue weighted by molar-refractivity contribution is -0.384. The fraction of sp³-hybridized carbons (Fsp3) is 0. The van der Waals surface area contributed by atoms with Crippen LogP contribution in [0.15, 0.2) is 36.4 Å². The number of nitrogens with two attached hydrogens (primary N) is 1. The van der Waals surface area contributed by atoms with E-state index in [-0.39, 0.29) is 22.6 Å². The van der Waals surface area contributed by atoms with Gasteiger partial charge in [-0.15, -0.1) is 0 Å². The van der Waals surface area contributed by atoms with Gasteiger partial charge in [-0.3, -0.25) is 14.9 Å². The fourth-order valence-corrected chi connectivity index (χ4v) is 1.68. The smallest absolute Gasteiger partial charge is 0.270 e. The number of nitro groups is 1. The van der Waals surface area contributed by atoms with E-state index >= 15 is 0 Å². The van der Waals surface area contributed by atoms with E-state index < -0.39 is 22.5 Å². The summed E-state index contributed by atoms with van der Waals surface area (Å²) in [6.07, 6.45) is 0. The quantitative estimate of drug-likeness (QED) is 0.516. The third kappa shape index (κ3) is 3.30. The van der Waals surface area contributed by atoms with E-state index in [1.54, 1.807) is 0 Å². The van der Waals surface area contributed by atoms with E-state index in [0.717, 1.165) is 24.3 Å². The number of benzene rings is 2. The molecule has 6 nitrogen and oxygen atoms in total. The summed E-state index contributed by atoms with van der Waals surface area (Å²) >= 11 is 0. The molecular weight excluding hydrogens is 284 g/mol. The minimum Gasteiger partial charge on any atom is -0.398 e. The zero-order valence-electron chi connectivity index (χ0n) is 10.5. The van der Waals surface area contributed by atoms with Crippen LogP contribution in [0, 0.1) is 21.7 Å². The van der Waals surface area contributed by atoms with Crippen LogP contribution in [-0.4, -0.2) is 10.8 Å². The number of halogens is 2. The number of rotatable bonds is 3. The Bertz CT molecular complexity index is 714. The Hall–Kier alpha value is -3.03. The largest absolute Gasteiger partial charge is 0.398 e. The molecule has 0 fully saturated rings. The molecule has 1 amide bonds. The first-order valence-corrected chi connectivity index (χ1v) is 5.68. The first-order valence-electron chi connectivity index (χ1n) is 5.68. The Morgan fingerprint density at radius 1 is 1.14 bits per heavy atom. The maximum atomic E-state index is 13.0. The number of nitrogens with one attached hydrogen (secondary N) is 1. The SMILES string of the molecule is Nc1ccc([N+](=O)[O-])cc1C(=O)Nc1cc(F)cc(F)c1. The lowest BCUT2D eigenvalue weighted by atomic mass is 10.1. The van der Waals surface area contributed by atoms with Crippen LogP contribution in [0.5, 0.6) is 0 Å². The maximum absolute atomic E-state index is 13.0. The number of anilines is 2. The summed E-state index contributed by atoms with van der Waals surface area (Å²) in [5.41, 5.74) is 4.98. The lowest BCUT2D eigenvalue weighted by Gasteiger charge is -2.08. The molecule has 8 heteroatoms. The molecule has 0 aliphatic heterocycles. The van der Waals surface area contributed by atoms with Gasteiger partial charge in [-0.2, -0.15) is 0 Å². The Morgan fingerprint density at radius 3 is 2.33 bits per heavy atom. The molecule has 0 atom stereocenters. The summed E-state index contributed by atoms with van der Waals surface area (Å²) in [5, 5.41) is 12.9. The molecule has 0 aliphatic carbocycles. The summed E-state index contributed by atoms with van der Waals surface area (Å²) in [4.78, 5) is 22.0. The van der Waals surface area contributed by atoms with Crippen molar-refractivity contribution in [2.24, 2.45) is 0 Å². The van der Waals surface area contributed by atoms with Crippen LogP contribution >= 0.6 is 0 Å². The second-order valence-electron chi connectivity index (χ2n) is 4.14. The molecule has 3 N–H and O–H groups in total. The van der Waals surface area contributed by atoms with Crippen molar-refractivity contribution in [3.8, 4) is 0 Å². The van der Waals surface area contributed by atoms with E-state index in [2.05, 4.69) is 5.32 Å². The molecular formula is C13H9F2N3O3. The monoisotopic (exact) mass is 293 g/mol. The average molecular weight is 293 g/mol. The first kappa shape index (κ1) is 14.4. The summed E-state index contributed by atoms with van der Waals surface area (Å²) in [6.45, 7) is 0. The molecule has 0 unspecified atom stereocenters. The predicted molar refractivity (Wildman–Crippen MR) is 71.8 cm³/mol. The van der Waals surface area contributed by atoms with Crippen LogP contribution in [0.1, 0.15) is 10.4 Å². The molecule has 0 radical (unpaired) electrons. The van der Waals surface area contributed by atoms with Gasteiger partial charge in [0.2, 0.25) is 0 Å². The Morgan fingerprint density at radius 2 is 1.76 bits per heavy atom. The van der Waals surface area contributed by atoms with Gasteiger partial charge in [0, 0.05) is 29.6 Å². The standard InChI is InChI=1S/C13H9F2N3O3/c14-7-3-8(15)5-9(4-7)17-13(19)11-6-10(18(20)21)1-2-12(11)16/h1-6H,16H2,(H,17,19). The Balaban J connectivity index is 2.31. The number of nitrogens with zero attached hydrogens (tertiary/aromatic N) is 1. The lowest BCUT2D eigenvalue weighted by Crippen LogP contribution is -2.14. The van der Waals surface area contributed by atoms with Gasteiger partial charge in [0.05, 0.1) is 10.5 Å². The van der Waals surface area contributed by atoms with Gasteiger partial charge in [-0.25, -0.2) is 8.78 Å². The van der Waals surface area contributed by atoms with Crippen LogP contribution < -0.4 is 11.1 Å². The molecule has 0 bridgehead atoms. The van der Waals surface area contributed by atoms with Gasteiger partial charge in [0.25, 0.3) is 11.6 Å². The number of carbonyl (C=O) groups excluding carboxylic acids is 1. The van der Waals surface area contributed by atoms with Crippen molar-refractivity contribution in [2.75, 3.05) is 11.1 Å². The molecule has 108 valence electrons. The van der Waals surface area contributed by atoms with Gasteiger partial charge in [-0.05, 0) is 18.2 Å². The minimum atomic E-state index is -0.864. The van der Waals surface area contributed by atoms with Gasteiger partial charge in [0.15, 0.2) is 0 Å². The molecule has 2 aromatic carbocycles. The topological polar surface area (TPSA) is 98.3 Å². The van der Waals surface area contributed by atoms with Crippen LogP contribution in [0.2, 0.25) is 0 Å². The number of hydrogen-bond donors (Lipinski definition) is 2. The van der Waals surface area contributed by atoms with E-state index in [9.17, 15) is 23.7 Å². The number of amides is 1. The molecule has 0 aromatic heterocycles. The molecule has 0 aliphatic rings. The van der Waals surface area contributed by atoms with Crippen LogP contribution in [0.3, 0.4) is 0 Å². The number of non-ortho nitro benzene ring substituents is 1. The first-order chi connectivity index (χ1) is 9.86. The molecule has 0 saturated carbocycles. The highest BCUT2D eigenvalue weighted by Crippen LogP contribution is 2.21. The van der Waals surface area contributed by atoms with E-state index in [4.69, 9.17) is 5.73 Å².